The lowest BCUT2D eigenvalue weighted by Gasteiger charge is -2.38. The normalized spacial score (nSPS) is 17.2. The maximum absolute atomic E-state index is 13.0. The standard InChI is InChI=1S/C19H26N4O3/c1-15-14-17(21-26-15)20-19(24)18(16-6-4-3-5-7-16)23-10-8-22(9-11-23)12-13-25-2/h3-7,14,18H,8-13H2,1-2H3,(H,20,21,24)/t18-/m1/s1. The third-order valence-electron chi connectivity index (χ3n) is 4.63. The number of amides is 1. The van der Waals surface area contributed by atoms with Crippen molar-refractivity contribution in [3.05, 3.63) is 47.7 Å². The molecule has 1 aliphatic rings. The van der Waals surface area contributed by atoms with Crippen LogP contribution < -0.4 is 5.32 Å². The maximum atomic E-state index is 13.0. The third kappa shape index (κ3) is 4.69. The maximum Gasteiger partial charge on any atom is 0.247 e. The van der Waals surface area contributed by atoms with Crippen LogP contribution in [-0.4, -0.2) is 67.3 Å². The molecule has 0 saturated carbocycles. The second-order valence-electron chi connectivity index (χ2n) is 6.50. The molecule has 140 valence electrons. The van der Waals surface area contributed by atoms with Crippen molar-refractivity contribution in [2.45, 2.75) is 13.0 Å². The van der Waals surface area contributed by atoms with Crippen molar-refractivity contribution in [3.63, 3.8) is 0 Å². The summed E-state index contributed by atoms with van der Waals surface area (Å²) in [6, 6.07) is 11.3. The number of ether oxygens (including phenoxy) is 1. The number of methoxy groups -OCH3 is 1. The number of carbonyl (C=O) groups excluding carboxylic acids is 1. The Morgan fingerprint density at radius 1 is 1.27 bits per heavy atom. The fraction of sp³-hybridized carbons (Fsp3) is 0.474. The Hall–Kier alpha value is -2.22. The Balaban J connectivity index is 1.71. The topological polar surface area (TPSA) is 70.8 Å². The van der Waals surface area contributed by atoms with Gasteiger partial charge in [0.15, 0.2) is 5.82 Å². The molecule has 2 aromatic rings. The lowest BCUT2D eigenvalue weighted by Crippen LogP contribution is -2.50. The number of rotatable bonds is 7. The molecule has 1 aliphatic heterocycles. The van der Waals surface area contributed by atoms with Gasteiger partial charge in [-0.3, -0.25) is 14.6 Å². The van der Waals surface area contributed by atoms with Gasteiger partial charge < -0.3 is 14.6 Å². The van der Waals surface area contributed by atoms with Gasteiger partial charge in [-0.25, -0.2) is 0 Å². The van der Waals surface area contributed by atoms with E-state index in [1.807, 2.05) is 30.3 Å². The van der Waals surface area contributed by atoms with Crippen molar-refractivity contribution in [1.29, 1.82) is 0 Å². The highest BCUT2D eigenvalue weighted by Crippen LogP contribution is 2.24. The first kappa shape index (κ1) is 18.6. The molecular formula is C19H26N4O3. The van der Waals surface area contributed by atoms with Crippen LogP contribution in [0.1, 0.15) is 17.4 Å². The molecular weight excluding hydrogens is 332 g/mol. The molecule has 7 nitrogen and oxygen atoms in total. The van der Waals surface area contributed by atoms with Gasteiger partial charge in [0.1, 0.15) is 11.8 Å². The van der Waals surface area contributed by atoms with Gasteiger partial charge in [0.05, 0.1) is 6.61 Å². The molecule has 26 heavy (non-hydrogen) atoms. The molecule has 0 aliphatic carbocycles. The number of piperazine rings is 1. The molecule has 1 amide bonds. The smallest absolute Gasteiger partial charge is 0.247 e. The van der Waals surface area contributed by atoms with Gasteiger partial charge in [0.2, 0.25) is 5.91 Å². The zero-order chi connectivity index (χ0) is 18.4. The number of carbonyl (C=O) groups is 1. The van der Waals surface area contributed by atoms with Crippen LogP contribution in [0.2, 0.25) is 0 Å². The number of benzene rings is 1. The van der Waals surface area contributed by atoms with Crippen LogP contribution in [0.5, 0.6) is 0 Å². The highest BCUT2D eigenvalue weighted by Gasteiger charge is 2.30. The van der Waals surface area contributed by atoms with E-state index < -0.39 is 0 Å². The molecule has 0 bridgehead atoms. The van der Waals surface area contributed by atoms with Crippen LogP contribution >= 0.6 is 0 Å². The van der Waals surface area contributed by atoms with Crippen molar-refractivity contribution in [2.24, 2.45) is 0 Å². The summed E-state index contributed by atoms with van der Waals surface area (Å²) in [4.78, 5) is 17.6. The predicted molar refractivity (Wildman–Crippen MR) is 98.9 cm³/mol. The minimum Gasteiger partial charge on any atom is -0.383 e. The molecule has 1 aromatic carbocycles. The zero-order valence-corrected chi connectivity index (χ0v) is 15.4. The monoisotopic (exact) mass is 358 g/mol. The van der Waals surface area contributed by atoms with Crippen LogP contribution in [0.15, 0.2) is 40.9 Å². The first-order chi connectivity index (χ1) is 12.7. The first-order valence-corrected chi connectivity index (χ1v) is 8.92. The van der Waals surface area contributed by atoms with E-state index in [0.29, 0.717) is 11.6 Å². The van der Waals surface area contributed by atoms with Crippen LogP contribution in [0.4, 0.5) is 5.82 Å². The molecule has 0 unspecified atom stereocenters. The highest BCUT2D eigenvalue weighted by molar-refractivity contribution is 5.94. The summed E-state index contributed by atoms with van der Waals surface area (Å²) < 4.78 is 10.2. The molecule has 1 N–H and O–H groups in total. The van der Waals surface area contributed by atoms with E-state index in [1.54, 1.807) is 20.1 Å². The summed E-state index contributed by atoms with van der Waals surface area (Å²) >= 11 is 0. The van der Waals surface area contributed by atoms with Gasteiger partial charge in [0.25, 0.3) is 0 Å². The quantitative estimate of drug-likeness (QED) is 0.815. The average molecular weight is 358 g/mol. The zero-order valence-electron chi connectivity index (χ0n) is 15.4. The van der Waals surface area contributed by atoms with E-state index in [-0.39, 0.29) is 11.9 Å². The van der Waals surface area contributed by atoms with E-state index in [0.717, 1.165) is 44.9 Å². The van der Waals surface area contributed by atoms with E-state index >= 15 is 0 Å². The van der Waals surface area contributed by atoms with Gasteiger partial charge in [-0.05, 0) is 12.5 Å². The fourth-order valence-corrected chi connectivity index (χ4v) is 3.25. The van der Waals surface area contributed by atoms with Crippen molar-refractivity contribution in [1.82, 2.24) is 15.0 Å². The number of nitrogens with zero attached hydrogens (tertiary/aromatic N) is 3. The highest BCUT2D eigenvalue weighted by atomic mass is 16.5. The van der Waals surface area contributed by atoms with Gasteiger partial charge in [0, 0.05) is 45.9 Å². The van der Waals surface area contributed by atoms with Crippen LogP contribution in [-0.2, 0) is 9.53 Å². The summed E-state index contributed by atoms with van der Waals surface area (Å²) in [6.07, 6.45) is 0. The fourth-order valence-electron chi connectivity index (χ4n) is 3.25. The Morgan fingerprint density at radius 2 is 2.00 bits per heavy atom. The summed E-state index contributed by atoms with van der Waals surface area (Å²) in [6.45, 7) is 6.95. The van der Waals surface area contributed by atoms with E-state index in [9.17, 15) is 4.79 Å². The third-order valence-corrected chi connectivity index (χ3v) is 4.63. The van der Waals surface area contributed by atoms with E-state index in [4.69, 9.17) is 9.26 Å². The summed E-state index contributed by atoms with van der Waals surface area (Å²) in [5, 5.41) is 6.76. The second kappa shape index (κ2) is 8.93. The number of aromatic nitrogens is 1. The lowest BCUT2D eigenvalue weighted by molar-refractivity contribution is -0.122. The first-order valence-electron chi connectivity index (χ1n) is 8.92. The van der Waals surface area contributed by atoms with Gasteiger partial charge in [-0.15, -0.1) is 0 Å². The van der Waals surface area contributed by atoms with Crippen molar-refractivity contribution < 1.29 is 14.1 Å². The largest absolute Gasteiger partial charge is 0.383 e. The molecule has 1 saturated heterocycles. The van der Waals surface area contributed by atoms with Gasteiger partial charge >= 0.3 is 0 Å². The van der Waals surface area contributed by atoms with Crippen LogP contribution in [0, 0.1) is 6.92 Å². The Labute approximate surface area is 153 Å². The molecule has 3 rings (SSSR count). The Morgan fingerprint density at radius 3 is 2.62 bits per heavy atom. The molecule has 7 heteroatoms. The van der Waals surface area contributed by atoms with Crippen molar-refractivity contribution >= 4 is 11.7 Å². The predicted octanol–water partition coefficient (Wildman–Crippen LogP) is 1.93. The van der Waals surface area contributed by atoms with E-state index in [2.05, 4.69) is 20.3 Å². The van der Waals surface area contributed by atoms with Gasteiger partial charge in [-0.1, -0.05) is 35.5 Å². The van der Waals surface area contributed by atoms with Crippen LogP contribution in [0.25, 0.3) is 0 Å². The molecule has 1 fully saturated rings. The number of aryl methyl sites for hydroxylation is 1. The van der Waals surface area contributed by atoms with Gasteiger partial charge in [-0.2, -0.15) is 0 Å². The molecule has 0 spiro atoms. The second-order valence-corrected chi connectivity index (χ2v) is 6.50. The molecule has 0 radical (unpaired) electrons. The Kier molecular flexibility index (Phi) is 6.38. The number of hydrogen-bond acceptors (Lipinski definition) is 6. The number of nitrogens with one attached hydrogen (secondary N) is 1. The minimum atomic E-state index is -0.349. The summed E-state index contributed by atoms with van der Waals surface area (Å²) in [5.74, 6) is 1.03. The molecule has 1 atom stereocenters. The average Bonchev–Trinajstić information content (AvgIpc) is 3.07. The van der Waals surface area contributed by atoms with Crippen molar-refractivity contribution in [3.8, 4) is 0 Å². The van der Waals surface area contributed by atoms with E-state index in [1.165, 1.54) is 0 Å². The summed E-state index contributed by atoms with van der Waals surface area (Å²) in [7, 11) is 1.72. The lowest BCUT2D eigenvalue weighted by atomic mass is 10.0. The molecule has 2 heterocycles. The Bertz CT molecular complexity index is 696. The minimum absolute atomic E-state index is 0.0881. The number of anilines is 1. The van der Waals surface area contributed by atoms with Crippen molar-refractivity contribution in [2.75, 3.05) is 51.8 Å². The molecule has 1 aromatic heterocycles. The SMILES string of the molecule is COCCN1CCN([C@@H](C(=O)Nc2cc(C)on2)c2ccccc2)CC1. The van der Waals surface area contributed by atoms with Crippen LogP contribution in [0.3, 0.4) is 0 Å². The summed E-state index contributed by atoms with van der Waals surface area (Å²) in [5.41, 5.74) is 0.982. The number of hydrogen-bond donors (Lipinski definition) is 1.